The van der Waals surface area contributed by atoms with Crippen LogP contribution in [-0.2, 0) is 16.0 Å². The molecule has 0 bridgehead atoms. The quantitative estimate of drug-likeness (QED) is 0.837. The van der Waals surface area contributed by atoms with Gasteiger partial charge in [0, 0.05) is 0 Å². The Balaban J connectivity index is 1.57. The molecule has 0 saturated heterocycles. The Morgan fingerprint density at radius 3 is 2.81 bits per heavy atom. The first-order chi connectivity index (χ1) is 12.6. The zero-order valence-corrected chi connectivity index (χ0v) is 15.1. The summed E-state index contributed by atoms with van der Waals surface area (Å²) in [6, 6.07) is 13.2. The van der Waals surface area contributed by atoms with Crippen molar-refractivity contribution in [2.75, 3.05) is 13.7 Å². The lowest BCUT2D eigenvalue weighted by atomic mass is 9.88. The Kier molecular flexibility index (Phi) is 5.56. The summed E-state index contributed by atoms with van der Waals surface area (Å²) in [5, 5.41) is 2.97. The lowest BCUT2D eigenvalue weighted by Gasteiger charge is -2.26. The van der Waals surface area contributed by atoms with Crippen molar-refractivity contribution in [3.05, 3.63) is 64.7 Å². The summed E-state index contributed by atoms with van der Waals surface area (Å²) in [5.41, 5.74) is 3.72. The van der Waals surface area contributed by atoms with E-state index in [0.29, 0.717) is 11.3 Å². The number of rotatable bonds is 5. The SMILES string of the molecule is COc1cc(C(=O)OCC(=O)NC2CCCc3ccccc32)ccc1C. The van der Waals surface area contributed by atoms with Crippen molar-refractivity contribution in [1.29, 1.82) is 0 Å². The van der Waals surface area contributed by atoms with Crippen LogP contribution in [0.3, 0.4) is 0 Å². The van der Waals surface area contributed by atoms with Gasteiger partial charge in [-0.05, 0) is 55.0 Å². The van der Waals surface area contributed by atoms with E-state index in [1.165, 1.54) is 5.56 Å². The van der Waals surface area contributed by atoms with Crippen molar-refractivity contribution < 1.29 is 19.1 Å². The van der Waals surface area contributed by atoms with Crippen LogP contribution < -0.4 is 10.1 Å². The highest BCUT2D eigenvalue weighted by Crippen LogP contribution is 2.29. The topological polar surface area (TPSA) is 64.6 Å². The van der Waals surface area contributed by atoms with Gasteiger partial charge in [-0.15, -0.1) is 0 Å². The summed E-state index contributed by atoms with van der Waals surface area (Å²) < 4.78 is 10.4. The molecule has 1 aliphatic carbocycles. The third kappa shape index (κ3) is 4.04. The number of nitrogens with one attached hydrogen (secondary N) is 1. The Morgan fingerprint density at radius 2 is 2.00 bits per heavy atom. The molecular weight excluding hydrogens is 330 g/mol. The fourth-order valence-electron chi connectivity index (χ4n) is 3.30. The Morgan fingerprint density at radius 1 is 1.19 bits per heavy atom. The Hall–Kier alpha value is -2.82. The second-order valence-electron chi connectivity index (χ2n) is 6.47. The van der Waals surface area contributed by atoms with E-state index >= 15 is 0 Å². The van der Waals surface area contributed by atoms with Crippen molar-refractivity contribution in [3.8, 4) is 5.75 Å². The maximum absolute atomic E-state index is 12.2. The minimum absolute atomic E-state index is 0.0226. The first-order valence-corrected chi connectivity index (χ1v) is 8.77. The largest absolute Gasteiger partial charge is 0.496 e. The maximum Gasteiger partial charge on any atom is 0.338 e. The van der Waals surface area contributed by atoms with Gasteiger partial charge in [0.2, 0.25) is 0 Å². The molecule has 0 heterocycles. The molecule has 0 aliphatic heterocycles. The van der Waals surface area contributed by atoms with Crippen LogP contribution in [0.15, 0.2) is 42.5 Å². The normalized spacial score (nSPS) is 15.7. The van der Waals surface area contributed by atoms with Gasteiger partial charge in [-0.1, -0.05) is 30.3 Å². The number of ether oxygens (including phenoxy) is 2. The van der Waals surface area contributed by atoms with Gasteiger partial charge in [-0.2, -0.15) is 0 Å². The predicted octanol–water partition coefficient (Wildman–Crippen LogP) is 3.35. The molecule has 1 N–H and O–H groups in total. The molecule has 0 radical (unpaired) electrons. The monoisotopic (exact) mass is 353 g/mol. The van der Waals surface area contributed by atoms with E-state index in [9.17, 15) is 9.59 Å². The average molecular weight is 353 g/mol. The van der Waals surface area contributed by atoms with Crippen LogP contribution in [-0.4, -0.2) is 25.6 Å². The number of benzene rings is 2. The molecular formula is C21H23NO4. The lowest BCUT2D eigenvalue weighted by molar-refractivity contribution is -0.125. The van der Waals surface area contributed by atoms with Crippen molar-refractivity contribution in [2.24, 2.45) is 0 Å². The number of esters is 1. The van der Waals surface area contributed by atoms with E-state index in [1.807, 2.05) is 25.1 Å². The van der Waals surface area contributed by atoms with Crippen molar-refractivity contribution in [1.82, 2.24) is 5.32 Å². The van der Waals surface area contributed by atoms with Crippen LogP contribution in [0.1, 0.15) is 45.9 Å². The minimum Gasteiger partial charge on any atom is -0.496 e. The molecule has 1 atom stereocenters. The fraction of sp³-hybridized carbons (Fsp3) is 0.333. The molecule has 136 valence electrons. The molecule has 0 spiro atoms. The van der Waals surface area contributed by atoms with Gasteiger partial charge in [0.05, 0.1) is 18.7 Å². The molecule has 0 saturated carbocycles. The average Bonchev–Trinajstić information content (AvgIpc) is 2.67. The fourth-order valence-corrected chi connectivity index (χ4v) is 3.30. The number of aryl methyl sites for hydroxylation is 2. The van der Waals surface area contributed by atoms with Crippen LogP contribution in [0, 0.1) is 6.92 Å². The Bertz CT molecular complexity index is 815. The third-order valence-corrected chi connectivity index (χ3v) is 4.68. The molecule has 0 aromatic heterocycles. The number of hydrogen-bond donors (Lipinski definition) is 1. The summed E-state index contributed by atoms with van der Waals surface area (Å²) in [7, 11) is 1.55. The summed E-state index contributed by atoms with van der Waals surface area (Å²) >= 11 is 0. The van der Waals surface area contributed by atoms with E-state index in [4.69, 9.17) is 9.47 Å². The highest BCUT2D eigenvalue weighted by atomic mass is 16.5. The van der Waals surface area contributed by atoms with E-state index in [2.05, 4.69) is 11.4 Å². The summed E-state index contributed by atoms with van der Waals surface area (Å²) in [4.78, 5) is 24.4. The highest BCUT2D eigenvalue weighted by molar-refractivity contribution is 5.91. The Labute approximate surface area is 153 Å². The van der Waals surface area contributed by atoms with Gasteiger partial charge in [0.15, 0.2) is 6.61 Å². The van der Waals surface area contributed by atoms with Gasteiger partial charge in [0.1, 0.15) is 5.75 Å². The van der Waals surface area contributed by atoms with Crippen LogP contribution in [0.25, 0.3) is 0 Å². The first-order valence-electron chi connectivity index (χ1n) is 8.77. The van der Waals surface area contributed by atoms with Gasteiger partial charge in [-0.25, -0.2) is 4.79 Å². The number of methoxy groups -OCH3 is 1. The maximum atomic E-state index is 12.2. The van der Waals surface area contributed by atoms with Gasteiger partial charge < -0.3 is 14.8 Å². The molecule has 2 aromatic carbocycles. The van der Waals surface area contributed by atoms with Gasteiger partial charge in [-0.3, -0.25) is 4.79 Å². The zero-order valence-electron chi connectivity index (χ0n) is 15.1. The molecule has 26 heavy (non-hydrogen) atoms. The molecule has 2 aromatic rings. The number of fused-ring (bicyclic) bond motifs is 1. The van der Waals surface area contributed by atoms with Crippen molar-refractivity contribution in [2.45, 2.75) is 32.2 Å². The molecule has 5 nitrogen and oxygen atoms in total. The van der Waals surface area contributed by atoms with E-state index < -0.39 is 5.97 Å². The standard InChI is InChI=1S/C21H23NO4/c1-14-10-11-16(12-19(14)25-2)21(24)26-13-20(23)22-18-9-5-7-15-6-3-4-8-17(15)18/h3-4,6,8,10-12,18H,5,7,9,13H2,1-2H3,(H,22,23). The predicted molar refractivity (Wildman–Crippen MR) is 98.3 cm³/mol. The van der Waals surface area contributed by atoms with Gasteiger partial charge >= 0.3 is 5.97 Å². The summed E-state index contributed by atoms with van der Waals surface area (Å²) in [5.74, 6) is -0.218. The summed E-state index contributed by atoms with van der Waals surface area (Å²) in [6.07, 6.45) is 2.96. The molecule has 1 unspecified atom stereocenters. The van der Waals surface area contributed by atoms with E-state index in [-0.39, 0.29) is 18.6 Å². The second-order valence-corrected chi connectivity index (χ2v) is 6.47. The minimum atomic E-state index is -0.539. The molecule has 3 rings (SSSR count). The molecule has 5 heteroatoms. The highest BCUT2D eigenvalue weighted by Gasteiger charge is 2.22. The zero-order chi connectivity index (χ0) is 18.5. The number of carbonyl (C=O) groups is 2. The molecule has 1 amide bonds. The van der Waals surface area contributed by atoms with Crippen molar-refractivity contribution >= 4 is 11.9 Å². The third-order valence-electron chi connectivity index (χ3n) is 4.68. The molecule has 1 aliphatic rings. The number of hydrogen-bond acceptors (Lipinski definition) is 4. The van der Waals surface area contributed by atoms with E-state index in [0.717, 1.165) is 30.4 Å². The van der Waals surface area contributed by atoms with Crippen molar-refractivity contribution in [3.63, 3.8) is 0 Å². The smallest absolute Gasteiger partial charge is 0.338 e. The van der Waals surface area contributed by atoms with Crippen LogP contribution in [0.4, 0.5) is 0 Å². The van der Waals surface area contributed by atoms with Crippen LogP contribution >= 0.6 is 0 Å². The van der Waals surface area contributed by atoms with Gasteiger partial charge in [0.25, 0.3) is 5.91 Å². The van der Waals surface area contributed by atoms with Crippen LogP contribution in [0.5, 0.6) is 5.75 Å². The second kappa shape index (κ2) is 8.04. The first kappa shape index (κ1) is 18.0. The summed E-state index contributed by atoms with van der Waals surface area (Å²) in [6.45, 7) is 1.59. The number of amides is 1. The van der Waals surface area contributed by atoms with E-state index in [1.54, 1.807) is 25.3 Å². The lowest BCUT2D eigenvalue weighted by Crippen LogP contribution is -2.34. The molecule has 0 fully saturated rings. The number of carbonyl (C=O) groups excluding carboxylic acids is 2. The van der Waals surface area contributed by atoms with Crippen LogP contribution in [0.2, 0.25) is 0 Å².